The number of nitrogens with zero attached hydrogens (tertiary/aromatic N) is 1. The van der Waals surface area contributed by atoms with Crippen LogP contribution in [-0.2, 0) is 14.3 Å². The molecule has 1 heterocycles. The molecule has 7 nitrogen and oxygen atoms in total. The highest BCUT2D eigenvalue weighted by Crippen LogP contribution is 2.22. The third-order valence-electron chi connectivity index (χ3n) is 5.17. The van der Waals surface area contributed by atoms with E-state index in [0.717, 1.165) is 0 Å². The zero-order valence-electron chi connectivity index (χ0n) is 17.1. The van der Waals surface area contributed by atoms with Gasteiger partial charge in [0.05, 0.1) is 0 Å². The largest absolute Gasteiger partial charge is 0.385 e. The summed E-state index contributed by atoms with van der Waals surface area (Å²) in [6, 6.07) is 4.49. The summed E-state index contributed by atoms with van der Waals surface area (Å²) in [6.07, 6.45) is 2.39. The molecule has 1 aliphatic heterocycles. The summed E-state index contributed by atoms with van der Waals surface area (Å²) in [4.78, 5) is 39.1. The maximum atomic E-state index is 13.1. The molecule has 2 N–H and O–H groups in total. The fourth-order valence-corrected chi connectivity index (χ4v) is 3.47. The van der Waals surface area contributed by atoms with Gasteiger partial charge in [0.25, 0.3) is 5.91 Å². The Morgan fingerprint density at radius 2 is 1.86 bits per heavy atom. The smallest absolute Gasteiger partial charge is 0.251 e. The number of carbonyl (C=O) groups excluding carboxylic acids is 3. The fourth-order valence-electron chi connectivity index (χ4n) is 3.47. The van der Waals surface area contributed by atoms with Gasteiger partial charge >= 0.3 is 0 Å². The minimum Gasteiger partial charge on any atom is -0.385 e. The number of piperidine rings is 1. The average molecular weight is 407 g/mol. The van der Waals surface area contributed by atoms with E-state index in [1.165, 1.54) is 24.3 Å². The van der Waals surface area contributed by atoms with E-state index < -0.39 is 17.8 Å². The standard InChI is InChI=1S/C21H30FN3O4/c1-3-18(26)25-12-9-15(10-13-25)19(21(28)23-11-4-14-29-2)24-20(27)16-5-7-17(22)8-6-16/h5-8,15,19H,3-4,9-14H2,1-2H3,(H,23,28)(H,24,27). The molecule has 2 rings (SSSR count). The maximum Gasteiger partial charge on any atom is 0.251 e. The molecule has 0 aliphatic carbocycles. The van der Waals surface area contributed by atoms with E-state index in [9.17, 15) is 18.8 Å². The number of halogens is 1. The summed E-state index contributed by atoms with van der Waals surface area (Å²) in [6.45, 7) is 3.94. The highest BCUT2D eigenvalue weighted by Gasteiger charge is 2.33. The molecule has 0 radical (unpaired) electrons. The van der Waals surface area contributed by atoms with Gasteiger partial charge in [-0.2, -0.15) is 0 Å². The van der Waals surface area contributed by atoms with E-state index in [1.807, 2.05) is 6.92 Å². The van der Waals surface area contributed by atoms with Crippen LogP contribution in [0.1, 0.15) is 43.0 Å². The molecule has 1 aliphatic rings. The Labute approximate surface area is 171 Å². The molecule has 1 saturated heterocycles. The average Bonchev–Trinajstić information content (AvgIpc) is 2.74. The maximum absolute atomic E-state index is 13.1. The zero-order valence-corrected chi connectivity index (χ0v) is 17.1. The Morgan fingerprint density at radius 3 is 2.45 bits per heavy atom. The number of hydrogen-bond acceptors (Lipinski definition) is 4. The number of carbonyl (C=O) groups is 3. The lowest BCUT2D eigenvalue weighted by molar-refractivity contribution is -0.132. The van der Waals surface area contributed by atoms with Crippen LogP contribution in [0.25, 0.3) is 0 Å². The topological polar surface area (TPSA) is 87.7 Å². The first-order chi connectivity index (χ1) is 14.0. The second kappa shape index (κ2) is 11.5. The lowest BCUT2D eigenvalue weighted by Gasteiger charge is -2.35. The monoisotopic (exact) mass is 407 g/mol. The van der Waals surface area contributed by atoms with E-state index in [4.69, 9.17) is 4.74 Å². The summed E-state index contributed by atoms with van der Waals surface area (Å²) in [5.74, 6) is -1.09. The normalized spacial score (nSPS) is 15.6. The molecule has 0 aromatic heterocycles. The minimum absolute atomic E-state index is 0.0808. The van der Waals surface area contributed by atoms with Gasteiger partial charge in [0.1, 0.15) is 11.9 Å². The van der Waals surface area contributed by atoms with Gasteiger partial charge in [-0.3, -0.25) is 14.4 Å². The molecule has 1 atom stereocenters. The van der Waals surface area contributed by atoms with Crippen LogP contribution < -0.4 is 10.6 Å². The molecule has 1 aromatic carbocycles. The number of ether oxygens (including phenoxy) is 1. The van der Waals surface area contributed by atoms with Crippen LogP contribution in [0.3, 0.4) is 0 Å². The Hall–Kier alpha value is -2.48. The quantitative estimate of drug-likeness (QED) is 0.611. The Bertz CT molecular complexity index is 688. The summed E-state index contributed by atoms with van der Waals surface area (Å²) in [5.41, 5.74) is 0.294. The Balaban J connectivity index is 2.04. The van der Waals surface area contributed by atoms with Gasteiger partial charge in [0.2, 0.25) is 11.8 Å². The minimum atomic E-state index is -0.714. The molecule has 1 aromatic rings. The van der Waals surface area contributed by atoms with Crippen LogP contribution >= 0.6 is 0 Å². The molecule has 0 bridgehead atoms. The molecular weight excluding hydrogens is 377 g/mol. The summed E-state index contributed by atoms with van der Waals surface area (Å²) < 4.78 is 18.1. The van der Waals surface area contributed by atoms with E-state index in [2.05, 4.69) is 10.6 Å². The van der Waals surface area contributed by atoms with Crippen molar-refractivity contribution in [1.29, 1.82) is 0 Å². The van der Waals surface area contributed by atoms with Gasteiger partial charge in [-0.15, -0.1) is 0 Å². The van der Waals surface area contributed by atoms with E-state index >= 15 is 0 Å². The second-order valence-electron chi connectivity index (χ2n) is 7.17. The van der Waals surface area contributed by atoms with Gasteiger partial charge in [-0.25, -0.2) is 4.39 Å². The van der Waals surface area contributed by atoms with Gasteiger partial charge in [0, 0.05) is 45.3 Å². The lowest BCUT2D eigenvalue weighted by atomic mass is 9.88. The van der Waals surface area contributed by atoms with E-state index in [-0.39, 0.29) is 17.7 Å². The molecule has 0 saturated carbocycles. The number of likely N-dealkylation sites (tertiary alicyclic amines) is 1. The van der Waals surface area contributed by atoms with Gasteiger partial charge in [0.15, 0.2) is 0 Å². The molecule has 0 spiro atoms. The van der Waals surface area contributed by atoms with Gasteiger partial charge in [-0.1, -0.05) is 6.92 Å². The van der Waals surface area contributed by atoms with Crippen molar-refractivity contribution >= 4 is 17.7 Å². The van der Waals surface area contributed by atoms with Crippen molar-refractivity contribution in [3.63, 3.8) is 0 Å². The first kappa shape index (κ1) is 22.8. The molecule has 3 amide bonds. The van der Waals surface area contributed by atoms with Crippen molar-refractivity contribution in [1.82, 2.24) is 15.5 Å². The third-order valence-corrected chi connectivity index (χ3v) is 5.17. The van der Waals surface area contributed by atoms with Crippen molar-refractivity contribution in [2.45, 2.75) is 38.6 Å². The van der Waals surface area contributed by atoms with Crippen LogP contribution in [0.2, 0.25) is 0 Å². The first-order valence-electron chi connectivity index (χ1n) is 10.1. The Morgan fingerprint density at radius 1 is 1.21 bits per heavy atom. The molecule has 160 valence electrons. The van der Waals surface area contributed by atoms with Crippen molar-refractivity contribution < 1.29 is 23.5 Å². The number of rotatable bonds is 9. The molecule has 1 unspecified atom stereocenters. The number of methoxy groups -OCH3 is 1. The van der Waals surface area contributed by atoms with Gasteiger partial charge < -0.3 is 20.3 Å². The molecule has 29 heavy (non-hydrogen) atoms. The van der Waals surface area contributed by atoms with Crippen LogP contribution in [0.5, 0.6) is 0 Å². The highest BCUT2D eigenvalue weighted by molar-refractivity contribution is 5.97. The second-order valence-corrected chi connectivity index (χ2v) is 7.17. The van der Waals surface area contributed by atoms with Crippen LogP contribution in [-0.4, -0.2) is 62.0 Å². The number of benzene rings is 1. The highest BCUT2D eigenvalue weighted by atomic mass is 19.1. The molecule has 1 fully saturated rings. The predicted octanol–water partition coefficient (Wildman–Crippen LogP) is 1.73. The van der Waals surface area contributed by atoms with Crippen LogP contribution in [0.4, 0.5) is 4.39 Å². The van der Waals surface area contributed by atoms with Crippen LogP contribution in [0, 0.1) is 11.7 Å². The third kappa shape index (κ3) is 6.81. The van der Waals surface area contributed by atoms with Gasteiger partial charge in [-0.05, 0) is 49.4 Å². The van der Waals surface area contributed by atoms with E-state index in [0.29, 0.717) is 57.5 Å². The fraction of sp³-hybridized carbons (Fsp3) is 0.571. The zero-order chi connectivity index (χ0) is 21.2. The SMILES string of the molecule is CCC(=O)N1CCC(C(NC(=O)c2ccc(F)cc2)C(=O)NCCCOC)CC1. The molecule has 8 heteroatoms. The first-order valence-corrected chi connectivity index (χ1v) is 10.1. The lowest BCUT2D eigenvalue weighted by Crippen LogP contribution is -2.54. The van der Waals surface area contributed by atoms with E-state index in [1.54, 1.807) is 12.0 Å². The van der Waals surface area contributed by atoms with Crippen molar-refractivity contribution in [3.05, 3.63) is 35.6 Å². The van der Waals surface area contributed by atoms with Crippen molar-refractivity contribution in [2.75, 3.05) is 33.4 Å². The number of hydrogen-bond donors (Lipinski definition) is 2. The van der Waals surface area contributed by atoms with Crippen molar-refractivity contribution in [2.24, 2.45) is 5.92 Å². The predicted molar refractivity (Wildman–Crippen MR) is 107 cm³/mol. The number of nitrogens with one attached hydrogen (secondary N) is 2. The summed E-state index contributed by atoms with van der Waals surface area (Å²) >= 11 is 0. The van der Waals surface area contributed by atoms with Crippen molar-refractivity contribution in [3.8, 4) is 0 Å². The summed E-state index contributed by atoms with van der Waals surface area (Å²) in [7, 11) is 1.60. The van der Waals surface area contributed by atoms with Crippen LogP contribution in [0.15, 0.2) is 24.3 Å². The number of amides is 3. The summed E-state index contributed by atoms with van der Waals surface area (Å²) in [5, 5.41) is 5.66. The Kier molecular flexibility index (Phi) is 9.05. The molecular formula is C21H30FN3O4.